The lowest BCUT2D eigenvalue weighted by atomic mass is 10.5. The Morgan fingerprint density at radius 2 is 2.12 bits per heavy atom. The Kier molecular flexibility index (Phi) is 4.79. The van der Waals surface area contributed by atoms with Gasteiger partial charge in [-0.3, -0.25) is 0 Å². The van der Waals surface area contributed by atoms with E-state index in [1.807, 2.05) is 13.8 Å². The monoisotopic (exact) mass is 242 g/mol. The highest BCUT2D eigenvalue weighted by atomic mass is 32.2. The van der Waals surface area contributed by atoms with Crippen LogP contribution in [0.2, 0.25) is 0 Å². The number of hydrogen-bond donors (Lipinski definition) is 0. The van der Waals surface area contributed by atoms with Crippen molar-refractivity contribution in [1.29, 1.82) is 0 Å². The topological polar surface area (TPSA) is 51.0 Å². The van der Waals surface area contributed by atoms with E-state index in [4.69, 9.17) is 0 Å². The van der Waals surface area contributed by atoms with Crippen molar-refractivity contribution in [2.45, 2.75) is 38.1 Å². The molecule has 0 radical (unpaired) electrons. The van der Waals surface area contributed by atoms with Crippen molar-refractivity contribution in [1.82, 2.24) is 19.7 Å². The van der Waals surface area contributed by atoms with Crippen molar-refractivity contribution in [3.05, 3.63) is 6.33 Å². The Hall–Kier alpha value is -1.04. The summed E-state index contributed by atoms with van der Waals surface area (Å²) in [5, 5.41) is 5.21. The van der Waals surface area contributed by atoms with Gasteiger partial charge in [-0.25, -0.2) is 9.78 Å². The van der Waals surface area contributed by atoms with Crippen LogP contribution in [-0.4, -0.2) is 44.0 Å². The fourth-order valence-electron chi connectivity index (χ4n) is 1.24. The second-order valence-electron chi connectivity index (χ2n) is 3.59. The zero-order valence-corrected chi connectivity index (χ0v) is 11.0. The van der Waals surface area contributed by atoms with E-state index in [1.165, 1.54) is 11.0 Å². The molecule has 0 aliphatic heterocycles. The minimum absolute atomic E-state index is 0.117. The van der Waals surface area contributed by atoms with Gasteiger partial charge in [-0.05, 0) is 13.8 Å². The van der Waals surface area contributed by atoms with Gasteiger partial charge in [0.1, 0.15) is 6.33 Å². The predicted octanol–water partition coefficient (Wildman–Crippen LogP) is 2.09. The number of aromatic nitrogens is 3. The van der Waals surface area contributed by atoms with Crippen LogP contribution in [0.3, 0.4) is 0 Å². The molecule has 0 aliphatic rings. The van der Waals surface area contributed by atoms with Crippen LogP contribution >= 0.6 is 11.8 Å². The van der Waals surface area contributed by atoms with Crippen molar-refractivity contribution in [3.8, 4) is 0 Å². The third-order valence-electron chi connectivity index (χ3n) is 2.04. The summed E-state index contributed by atoms with van der Waals surface area (Å²) in [6, 6.07) is -0.117. The van der Waals surface area contributed by atoms with Crippen LogP contribution in [0, 0.1) is 0 Å². The summed E-state index contributed by atoms with van der Waals surface area (Å²) in [7, 11) is 0. The molecule has 1 heterocycles. The minimum Gasteiger partial charge on any atom is -0.323 e. The van der Waals surface area contributed by atoms with Crippen molar-refractivity contribution in [2.75, 3.05) is 13.1 Å². The first-order valence-corrected chi connectivity index (χ1v) is 6.34. The molecule has 1 amide bonds. The van der Waals surface area contributed by atoms with Crippen molar-refractivity contribution in [2.24, 2.45) is 0 Å². The summed E-state index contributed by atoms with van der Waals surface area (Å²) >= 11 is 1.55. The van der Waals surface area contributed by atoms with E-state index in [0.717, 1.165) is 0 Å². The highest BCUT2D eigenvalue weighted by Crippen LogP contribution is 2.17. The first kappa shape index (κ1) is 13.0. The summed E-state index contributed by atoms with van der Waals surface area (Å²) in [6.45, 7) is 9.39. The highest BCUT2D eigenvalue weighted by Gasteiger charge is 2.14. The summed E-state index contributed by atoms with van der Waals surface area (Å²) < 4.78 is 1.30. The third-order valence-corrected chi connectivity index (χ3v) is 2.91. The van der Waals surface area contributed by atoms with E-state index < -0.39 is 0 Å². The molecule has 0 saturated carbocycles. The SMILES string of the molecule is CCN(CC)C(=O)n1cnc(SC(C)C)n1. The zero-order chi connectivity index (χ0) is 12.1. The summed E-state index contributed by atoms with van der Waals surface area (Å²) in [5.41, 5.74) is 0. The summed E-state index contributed by atoms with van der Waals surface area (Å²) in [4.78, 5) is 17.7. The Balaban J connectivity index is 2.73. The maximum absolute atomic E-state index is 11.9. The second kappa shape index (κ2) is 5.89. The second-order valence-corrected chi connectivity index (χ2v) is 5.14. The standard InChI is InChI=1S/C10H18N4OS/c1-5-13(6-2)10(15)14-7-11-9(12-14)16-8(3)4/h7-8H,5-6H2,1-4H3. The first-order valence-electron chi connectivity index (χ1n) is 5.46. The van der Waals surface area contributed by atoms with Gasteiger partial charge in [0.15, 0.2) is 0 Å². The Bertz CT molecular complexity index is 346. The molecular formula is C10H18N4OS. The molecule has 0 fully saturated rings. The molecular weight excluding hydrogens is 224 g/mol. The van der Waals surface area contributed by atoms with Crippen LogP contribution in [0.4, 0.5) is 4.79 Å². The Labute approximate surface area is 100 Å². The quantitative estimate of drug-likeness (QED) is 0.759. The van der Waals surface area contributed by atoms with Gasteiger partial charge in [0, 0.05) is 18.3 Å². The Morgan fingerprint density at radius 3 is 2.62 bits per heavy atom. The predicted molar refractivity (Wildman–Crippen MR) is 64.7 cm³/mol. The van der Waals surface area contributed by atoms with Crippen LogP contribution in [0.25, 0.3) is 0 Å². The number of thioether (sulfide) groups is 1. The molecule has 0 saturated heterocycles. The van der Waals surface area contributed by atoms with E-state index in [2.05, 4.69) is 23.9 Å². The molecule has 1 rings (SSSR count). The van der Waals surface area contributed by atoms with E-state index >= 15 is 0 Å². The van der Waals surface area contributed by atoms with Gasteiger partial charge in [0.05, 0.1) is 0 Å². The first-order chi connectivity index (χ1) is 7.58. The normalized spacial score (nSPS) is 10.8. The van der Waals surface area contributed by atoms with Gasteiger partial charge in [-0.1, -0.05) is 25.6 Å². The van der Waals surface area contributed by atoms with Gasteiger partial charge in [-0.2, -0.15) is 4.68 Å². The lowest BCUT2D eigenvalue weighted by molar-refractivity contribution is 0.201. The third kappa shape index (κ3) is 3.23. The smallest absolute Gasteiger partial charge is 0.323 e. The van der Waals surface area contributed by atoms with Crippen LogP contribution < -0.4 is 0 Å². The molecule has 0 unspecified atom stereocenters. The zero-order valence-electron chi connectivity index (χ0n) is 10.2. The highest BCUT2D eigenvalue weighted by molar-refractivity contribution is 7.99. The largest absolute Gasteiger partial charge is 0.346 e. The minimum atomic E-state index is -0.117. The molecule has 6 heteroatoms. The Morgan fingerprint density at radius 1 is 1.50 bits per heavy atom. The molecule has 0 aliphatic carbocycles. The van der Waals surface area contributed by atoms with Crippen LogP contribution in [0.1, 0.15) is 27.7 Å². The number of hydrogen-bond acceptors (Lipinski definition) is 4. The molecule has 0 bridgehead atoms. The van der Waals surface area contributed by atoms with Gasteiger partial charge in [0.25, 0.3) is 0 Å². The number of carbonyl (C=O) groups excluding carboxylic acids is 1. The lowest BCUT2D eigenvalue weighted by Crippen LogP contribution is -2.34. The summed E-state index contributed by atoms with van der Waals surface area (Å²) in [5.74, 6) is 0. The molecule has 0 aromatic carbocycles. The molecule has 1 aromatic rings. The lowest BCUT2D eigenvalue weighted by Gasteiger charge is -2.17. The average Bonchev–Trinajstić information content (AvgIpc) is 2.67. The number of amides is 1. The van der Waals surface area contributed by atoms with Crippen LogP contribution in [0.15, 0.2) is 11.5 Å². The van der Waals surface area contributed by atoms with Crippen molar-refractivity contribution in [3.63, 3.8) is 0 Å². The van der Waals surface area contributed by atoms with E-state index in [-0.39, 0.29) is 6.03 Å². The van der Waals surface area contributed by atoms with E-state index in [0.29, 0.717) is 23.5 Å². The molecule has 0 spiro atoms. The molecule has 90 valence electrons. The van der Waals surface area contributed by atoms with Gasteiger partial charge >= 0.3 is 6.03 Å². The molecule has 0 N–H and O–H groups in total. The average molecular weight is 242 g/mol. The van der Waals surface area contributed by atoms with Crippen LogP contribution in [0.5, 0.6) is 0 Å². The van der Waals surface area contributed by atoms with Gasteiger partial charge < -0.3 is 4.90 Å². The summed E-state index contributed by atoms with van der Waals surface area (Å²) in [6.07, 6.45) is 1.48. The number of nitrogens with zero attached hydrogens (tertiary/aromatic N) is 4. The van der Waals surface area contributed by atoms with Crippen LogP contribution in [-0.2, 0) is 0 Å². The molecule has 1 aromatic heterocycles. The molecule has 5 nitrogen and oxygen atoms in total. The van der Waals surface area contributed by atoms with Gasteiger partial charge in [0.2, 0.25) is 5.16 Å². The number of rotatable bonds is 4. The van der Waals surface area contributed by atoms with E-state index in [1.54, 1.807) is 16.7 Å². The molecule has 16 heavy (non-hydrogen) atoms. The maximum atomic E-state index is 11.9. The fourth-order valence-corrected chi connectivity index (χ4v) is 1.91. The number of carbonyl (C=O) groups is 1. The van der Waals surface area contributed by atoms with Crippen molar-refractivity contribution < 1.29 is 4.79 Å². The molecule has 0 atom stereocenters. The van der Waals surface area contributed by atoms with E-state index in [9.17, 15) is 4.79 Å². The van der Waals surface area contributed by atoms with Gasteiger partial charge in [-0.15, -0.1) is 5.10 Å². The fraction of sp³-hybridized carbons (Fsp3) is 0.700. The van der Waals surface area contributed by atoms with Crippen molar-refractivity contribution >= 4 is 17.8 Å². The maximum Gasteiger partial charge on any atom is 0.346 e.